The van der Waals surface area contributed by atoms with Gasteiger partial charge in [-0.15, -0.1) is 11.3 Å². The number of esters is 1. The van der Waals surface area contributed by atoms with Crippen molar-refractivity contribution in [3.8, 4) is 11.5 Å². The van der Waals surface area contributed by atoms with Gasteiger partial charge in [0.2, 0.25) is 0 Å². The summed E-state index contributed by atoms with van der Waals surface area (Å²) in [6, 6.07) is 0. The van der Waals surface area contributed by atoms with Crippen LogP contribution >= 0.6 is 11.3 Å². The zero-order chi connectivity index (χ0) is 22.1. The van der Waals surface area contributed by atoms with Crippen LogP contribution in [-0.4, -0.2) is 49.7 Å². The molecule has 0 amide bonds. The first-order valence-electron chi connectivity index (χ1n) is 7.86. The molecule has 0 N–H and O–H groups in total. The molecule has 4 nitrogen and oxygen atoms in total. The molecule has 0 aromatic carbocycles. The lowest BCUT2D eigenvalue weighted by Crippen LogP contribution is -2.60. The Kier molecular flexibility index (Phi) is 6.55. The van der Waals surface area contributed by atoms with Gasteiger partial charge >= 0.3 is 29.9 Å². The number of thiophene rings is 1. The average Bonchev–Trinajstić information content (AvgIpc) is 2.97. The molecule has 1 aromatic heterocycles. The molecule has 1 aromatic rings. The quantitative estimate of drug-likeness (QED) is 0.428. The molecule has 2 heterocycles. The molecule has 2 rings (SSSR count). The molecule has 0 radical (unpaired) electrons. The molecule has 0 saturated carbocycles. The fraction of sp³-hybridized carbons (Fsp3) is 0.667. The lowest BCUT2D eigenvalue weighted by Gasteiger charge is -2.33. The predicted octanol–water partition coefficient (Wildman–Crippen LogP) is 4.93. The van der Waals surface area contributed by atoms with E-state index in [1.54, 1.807) is 10.8 Å². The van der Waals surface area contributed by atoms with E-state index >= 15 is 0 Å². The van der Waals surface area contributed by atoms with Gasteiger partial charge in [-0.3, -0.25) is 4.79 Å². The molecule has 1 aliphatic heterocycles. The number of ether oxygens (including phenoxy) is 3. The van der Waals surface area contributed by atoms with Crippen molar-refractivity contribution in [3.05, 3.63) is 10.8 Å². The van der Waals surface area contributed by atoms with Crippen LogP contribution < -0.4 is 9.47 Å². The molecular formula is C15H13F9O4S. The maximum Gasteiger partial charge on any atom is 0.460 e. The number of carbonyl (C=O) groups excluding carboxylic acids is 1. The van der Waals surface area contributed by atoms with Crippen molar-refractivity contribution in [2.45, 2.75) is 36.8 Å². The molecule has 0 saturated heterocycles. The van der Waals surface area contributed by atoms with Crippen molar-refractivity contribution < 1.29 is 58.5 Å². The van der Waals surface area contributed by atoms with Gasteiger partial charge in [0.1, 0.15) is 6.61 Å². The topological polar surface area (TPSA) is 44.8 Å². The second-order valence-corrected chi connectivity index (χ2v) is 6.87. The molecule has 166 valence electrons. The summed E-state index contributed by atoms with van der Waals surface area (Å²) in [4.78, 5) is 11.5. The van der Waals surface area contributed by atoms with Crippen LogP contribution in [0, 0.1) is 5.92 Å². The molecular weight excluding hydrogens is 447 g/mol. The number of carbonyl (C=O) groups is 1. The van der Waals surface area contributed by atoms with Crippen LogP contribution in [0.3, 0.4) is 0 Å². The van der Waals surface area contributed by atoms with Gasteiger partial charge in [-0.2, -0.15) is 39.5 Å². The van der Waals surface area contributed by atoms with Crippen LogP contribution in [0.4, 0.5) is 39.5 Å². The lowest BCUT2D eigenvalue weighted by atomic mass is 10.00. The first kappa shape index (κ1) is 23.4. The van der Waals surface area contributed by atoms with Gasteiger partial charge < -0.3 is 14.2 Å². The average molecular weight is 460 g/mol. The highest BCUT2D eigenvalue weighted by atomic mass is 32.1. The second-order valence-electron chi connectivity index (χ2n) is 6.12. The van der Waals surface area contributed by atoms with E-state index in [-0.39, 0.29) is 13.2 Å². The summed E-state index contributed by atoms with van der Waals surface area (Å²) in [5.41, 5.74) is 0. The first-order chi connectivity index (χ1) is 13.2. The highest BCUT2D eigenvalue weighted by molar-refractivity contribution is 7.08. The summed E-state index contributed by atoms with van der Waals surface area (Å²) in [6.45, 7) is -0.390. The van der Waals surface area contributed by atoms with Crippen LogP contribution in [0.15, 0.2) is 10.8 Å². The van der Waals surface area contributed by atoms with Gasteiger partial charge in [-0.1, -0.05) is 0 Å². The third-order valence-electron chi connectivity index (χ3n) is 3.87. The van der Waals surface area contributed by atoms with E-state index in [2.05, 4.69) is 4.74 Å². The number of halogens is 9. The summed E-state index contributed by atoms with van der Waals surface area (Å²) in [5, 5.41) is 3.28. The van der Waals surface area contributed by atoms with Crippen molar-refractivity contribution in [2.75, 3.05) is 19.8 Å². The Morgan fingerprint density at radius 2 is 1.48 bits per heavy atom. The van der Waals surface area contributed by atoms with E-state index in [0.717, 1.165) is 0 Å². The van der Waals surface area contributed by atoms with E-state index in [1.807, 2.05) is 0 Å². The minimum absolute atomic E-state index is 0.0169. The summed E-state index contributed by atoms with van der Waals surface area (Å²) in [5.74, 6) is -20.7. The summed E-state index contributed by atoms with van der Waals surface area (Å²) < 4.78 is 130. The lowest BCUT2D eigenvalue weighted by molar-refractivity contribution is -0.396. The molecule has 0 atom stereocenters. The van der Waals surface area contributed by atoms with Gasteiger partial charge in [0.25, 0.3) is 0 Å². The van der Waals surface area contributed by atoms with Crippen molar-refractivity contribution in [1.29, 1.82) is 0 Å². The number of alkyl halides is 9. The van der Waals surface area contributed by atoms with Crippen LogP contribution in [0.1, 0.15) is 12.8 Å². The van der Waals surface area contributed by atoms with E-state index in [1.165, 1.54) is 11.3 Å². The standard InChI is InChI=1S/C15H13F9O4S/c16-12(17,13(18,19)14(20,21)15(22,23)24)2-1-11(25)28-5-8-3-26-9-6-29-7-10(9)27-4-8/h6-8H,1-5H2. The first-order valence-corrected chi connectivity index (χ1v) is 8.81. The van der Waals surface area contributed by atoms with Gasteiger partial charge in [-0.05, 0) is 0 Å². The van der Waals surface area contributed by atoms with E-state index in [4.69, 9.17) is 9.47 Å². The molecule has 0 unspecified atom stereocenters. The molecule has 1 aliphatic rings. The zero-order valence-electron chi connectivity index (χ0n) is 14.2. The monoisotopic (exact) mass is 460 g/mol. The predicted molar refractivity (Wildman–Crippen MR) is 79.9 cm³/mol. The van der Waals surface area contributed by atoms with Crippen molar-refractivity contribution in [1.82, 2.24) is 0 Å². The fourth-order valence-electron chi connectivity index (χ4n) is 2.15. The van der Waals surface area contributed by atoms with E-state index in [9.17, 15) is 44.3 Å². The largest absolute Gasteiger partial charge is 0.488 e. The summed E-state index contributed by atoms with van der Waals surface area (Å²) in [7, 11) is 0. The molecule has 14 heteroatoms. The van der Waals surface area contributed by atoms with Crippen LogP contribution in [-0.2, 0) is 9.53 Å². The van der Waals surface area contributed by atoms with Crippen LogP contribution in [0.25, 0.3) is 0 Å². The van der Waals surface area contributed by atoms with E-state index < -0.39 is 55.3 Å². The van der Waals surface area contributed by atoms with E-state index in [0.29, 0.717) is 11.5 Å². The second kappa shape index (κ2) is 8.11. The Labute approximate surface area is 161 Å². The Hall–Kier alpha value is -1.86. The minimum atomic E-state index is -6.98. The van der Waals surface area contributed by atoms with Crippen molar-refractivity contribution >= 4 is 17.3 Å². The highest BCUT2D eigenvalue weighted by Crippen LogP contribution is 2.54. The molecule has 0 aliphatic carbocycles. The van der Waals surface area contributed by atoms with Crippen molar-refractivity contribution in [3.63, 3.8) is 0 Å². The van der Waals surface area contributed by atoms with Gasteiger partial charge in [0.05, 0.1) is 25.6 Å². The SMILES string of the molecule is O=C(CCC(F)(F)C(F)(F)C(F)(F)C(F)(F)F)OCC1COc2cscc2OC1. The number of rotatable bonds is 7. The smallest absolute Gasteiger partial charge is 0.460 e. The number of hydrogen-bond donors (Lipinski definition) is 0. The Balaban J connectivity index is 1.85. The summed E-state index contributed by atoms with van der Waals surface area (Å²) in [6.07, 6.45) is -10.7. The highest BCUT2D eigenvalue weighted by Gasteiger charge is 2.81. The maximum absolute atomic E-state index is 13.4. The van der Waals surface area contributed by atoms with Crippen LogP contribution in [0.2, 0.25) is 0 Å². The number of hydrogen-bond acceptors (Lipinski definition) is 5. The normalized spacial score (nSPS) is 16.4. The van der Waals surface area contributed by atoms with Gasteiger partial charge in [0.15, 0.2) is 11.5 Å². The maximum atomic E-state index is 13.4. The Morgan fingerprint density at radius 3 is 1.97 bits per heavy atom. The summed E-state index contributed by atoms with van der Waals surface area (Å²) >= 11 is 1.31. The fourth-order valence-corrected chi connectivity index (χ4v) is 2.83. The number of fused-ring (bicyclic) bond motifs is 1. The van der Waals surface area contributed by atoms with Crippen LogP contribution in [0.5, 0.6) is 11.5 Å². The molecule has 29 heavy (non-hydrogen) atoms. The Morgan fingerprint density at radius 1 is 0.966 bits per heavy atom. The molecule has 0 spiro atoms. The third kappa shape index (κ3) is 4.83. The van der Waals surface area contributed by atoms with Gasteiger partial charge in [0, 0.05) is 17.2 Å². The van der Waals surface area contributed by atoms with Crippen molar-refractivity contribution in [2.24, 2.45) is 5.92 Å². The zero-order valence-corrected chi connectivity index (χ0v) is 15.0. The third-order valence-corrected chi connectivity index (χ3v) is 4.58. The van der Waals surface area contributed by atoms with Gasteiger partial charge in [-0.25, -0.2) is 0 Å². The molecule has 0 fully saturated rings. The molecule has 0 bridgehead atoms. The Bertz CT molecular complexity index is 694. The minimum Gasteiger partial charge on any atom is -0.488 e.